The average molecular weight is 474 g/mol. The second-order valence-corrected chi connectivity index (χ2v) is 13.1. The molecule has 13 heteroatoms. The summed E-state index contributed by atoms with van der Waals surface area (Å²) in [4.78, 5) is 10.6. The Morgan fingerprint density at radius 1 is 1.00 bits per heavy atom. The minimum Gasteiger partial charge on any atom is -0.381 e. The van der Waals surface area contributed by atoms with E-state index in [9.17, 15) is 9.46 Å². The number of ether oxygens (including phenoxy) is 4. The van der Waals surface area contributed by atoms with Gasteiger partial charge >= 0.3 is 6.80 Å². The molecule has 0 spiro atoms. The van der Waals surface area contributed by atoms with Crippen molar-refractivity contribution in [2.75, 3.05) is 12.4 Å². The molecule has 2 aliphatic heterocycles. The van der Waals surface area contributed by atoms with Crippen molar-refractivity contribution in [3.8, 4) is 0 Å². The van der Waals surface area contributed by atoms with Crippen LogP contribution in [0.1, 0.15) is 40.5 Å². The van der Waals surface area contributed by atoms with Crippen LogP contribution in [0.4, 0.5) is 0 Å². The molecular formula is C18H39B4O7PS. The SMILES string of the molecule is CBBC1CC(OC(C)C)C(CSP(=O)(O)OC2CC(BBC)OC2COC(C)C)O1. The van der Waals surface area contributed by atoms with Gasteiger partial charge in [0, 0.05) is 17.8 Å². The van der Waals surface area contributed by atoms with Crippen LogP contribution in [0.2, 0.25) is 13.6 Å². The Morgan fingerprint density at radius 2 is 1.58 bits per heavy atom. The van der Waals surface area contributed by atoms with Crippen LogP contribution in [0.3, 0.4) is 0 Å². The average Bonchev–Trinajstić information content (AvgIpc) is 3.21. The summed E-state index contributed by atoms with van der Waals surface area (Å²) < 4.78 is 42.6. The summed E-state index contributed by atoms with van der Waals surface area (Å²) in [6.07, 6.45) is 0.568. The minimum atomic E-state index is -3.87. The molecule has 7 unspecified atom stereocenters. The highest BCUT2D eigenvalue weighted by Crippen LogP contribution is 2.58. The van der Waals surface area contributed by atoms with E-state index in [0.29, 0.717) is 18.8 Å². The molecule has 0 aliphatic carbocycles. The highest BCUT2D eigenvalue weighted by molar-refractivity contribution is 8.54. The van der Waals surface area contributed by atoms with Gasteiger partial charge in [-0.3, -0.25) is 4.52 Å². The second-order valence-electron chi connectivity index (χ2n) is 9.16. The molecular weight excluding hydrogens is 434 g/mol. The van der Waals surface area contributed by atoms with Gasteiger partial charge in [-0.1, -0.05) is 13.6 Å². The van der Waals surface area contributed by atoms with Crippen molar-refractivity contribution in [2.24, 2.45) is 0 Å². The Bertz CT molecular complexity index is 577. The van der Waals surface area contributed by atoms with E-state index in [1.165, 1.54) is 0 Å². The second kappa shape index (κ2) is 13.5. The predicted octanol–water partition coefficient (Wildman–Crippen LogP) is 1.33. The lowest BCUT2D eigenvalue weighted by Crippen LogP contribution is -2.30. The van der Waals surface area contributed by atoms with Crippen molar-refractivity contribution in [2.45, 2.75) is 103 Å². The zero-order valence-corrected chi connectivity index (χ0v) is 21.7. The Hall–Kier alpha value is 0.600. The first-order valence-corrected chi connectivity index (χ1v) is 15.0. The van der Waals surface area contributed by atoms with Crippen molar-refractivity contribution in [1.82, 2.24) is 0 Å². The Balaban J connectivity index is 1.92. The van der Waals surface area contributed by atoms with E-state index in [2.05, 4.69) is 13.6 Å². The van der Waals surface area contributed by atoms with Gasteiger partial charge in [0.05, 0.1) is 51.5 Å². The van der Waals surface area contributed by atoms with Gasteiger partial charge in [-0.05, 0) is 51.9 Å². The van der Waals surface area contributed by atoms with Crippen LogP contribution in [0, 0.1) is 0 Å². The normalized spacial score (nSPS) is 32.9. The maximum Gasteiger partial charge on any atom is 0.387 e. The fourth-order valence-corrected chi connectivity index (χ4v) is 6.95. The predicted molar refractivity (Wildman–Crippen MR) is 135 cm³/mol. The Morgan fingerprint density at radius 3 is 2.13 bits per heavy atom. The van der Waals surface area contributed by atoms with Crippen LogP contribution in [0.25, 0.3) is 0 Å². The van der Waals surface area contributed by atoms with Crippen LogP contribution in [0.15, 0.2) is 0 Å². The van der Waals surface area contributed by atoms with Crippen molar-refractivity contribution in [3.05, 3.63) is 0 Å². The number of hydrogen-bond acceptors (Lipinski definition) is 7. The van der Waals surface area contributed by atoms with Crippen molar-refractivity contribution in [3.63, 3.8) is 0 Å². The van der Waals surface area contributed by atoms with Crippen LogP contribution < -0.4 is 0 Å². The monoisotopic (exact) mass is 474 g/mol. The Kier molecular flexibility index (Phi) is 12.1. The van der Waals surface area contributed by atoms with Crippen molar-refractivity contribution in [1.29, 1.82) is 0 Å². The molecule has 0 saturated carbocycles. The summed E-state index contributed by atoms with van der Waals surface area (Å²) in [6.45, 7) is 8.66. The highest BCUT2D eigenvalue weighted by Gasteiger charge is 2.42. The van der Waals surface area contributed by atoms with Crippen molar-refractivity contribution >= 4 is 46.9 Å². The molecule has 0 radical (unpaired) electrons. The molecule has 7 atom stereocenters. The summed E-state index contributed by atoms with van der Waals surface area (Å²) in [6, 6.07) is 0.187. The highest BCUT2D eigenvalue weighted by atomic mass is 32.7. The van der Waals surface area contributed by atoms with Gasteiger partial charge in [-0.25, -0.2) is 4.57 Å². The fourth-order valence-electron chi connectivity index (χ4n) is 4.17. The molecule has 7 nitrogen and oxygen atoms in total. The molecule has 176 valence electrons. The number of hydrogen-bond donors (Lipinski definition) is 1. The molecule has 1 N–H and O–H groups in total. The molecule has 0 bridgehead atoms. The van der Waals surface area contributed by atoms with E-state index >= 15 is 0 Å². The van der Waals surface area contributed by atoms with E-state index in [1.807, 2.05) is 27.7 Å². The van der Waals surface area contributed by atoms with Gasteiger partial charge in [-0.2, -0.15) is 0 Å². The minimum absolute atomic E-state index is 0.0394. The molecule has 2 heterocycles. The molecule has 0 amide bonds. The third kappa shape index (κ3) is 9.78. The standard InChI is InChI=1S/C18H39B4O7PS/c1-11(2)25-9-15-14(8-18(27-15)22-20-6)29-30(23,24)31-10-16-13(26-12(3)4)7-17(28-16)21-19-5/h11-22H,7-10H2,1-6H3,(H,23,24). The summed E-state index contributed by atoms with van der Waals surface area (Å²) in [5.74, 6) is 0.366. The zero-order chi connectivity index (χ0) is 23.0. The van der Waals surface area contributed by atoms with E-state index in [0.717, 1.165) is 46.5 Å². The lowest BCUT2D eigenvalue weighted by molar-refractivity contribution is -0.0424. The maximum atomic E-state index is 12.9. The fraction of sp³-hybridized carbons (Fsp3) is 1.00. The maximum absolute atomic E-state index is 12.9. The summed E-state index contributed by atoms with van der Waals surface area (Å²) >= 11 is 0.942. The van der Waals surface area contributed by atoms with Gasteiger partial charge in [-0.15, -0.1) is 0 Å². The molecule has 2 fully saturated rings. The van der Waals surface area contributed by atoms with Gasteiger partial charge in [0.25, 0.3) is 0 Å². The first-order valence-electron chi connectivity index (χ1n) is 11.9. The largest absolute Gasteiger partial charge is 0.387 e. The van der Waals surface area contributed by atoms with Crippen LogP contribution >= 0.6 is 18.2 Å². The summed E-state index contributed by atoms with van der Waals surface area (Å²) in [5.41, 5.74) is 0. The van der Waals surface area contributed by atoms with E-state index in [4.69, 9.17) is 23.5 Å². The topological polar surface area (TPSA) is 83.5 Å². The molecule has 2 saturated heterocycles. The van der Waals surface area contributed by atoms with Crippen LogP contribution in [-0.4, -0.2) is 94.6 Å². The van der Waals surface area contributed by atoms with Crippen LogP contribution in [0.5, 0.6) is 0 Å². The van der Waals surface area contributed by atoms with Gasteiger partial charge in [0.2, 0.25) is 0 Å². The van der Waals surface area contributed by atoms with Gasteiger partial charge in [0.15, 0.2) is 0 Å². The molecule has 2 rings (SSSR count). The third-order valence-corrected chi connectivity index (χ3v) is 8.51. The van der Waals surface area contributed by atoms with E-state index in [1.54, 1.807) is 0 Å². The molecule has 0 aromatic rings. The molecule has 2 aliphatic rings. The lowest BCUT2D eigenvalue weighted by atomic mass is 9.38. The lowest BCUT2D eigenvalue weighted by Gasteiger charge is -2.24. The zero-order valence-electron chi connectivity index (χ0n) is 20.0. The Labute approximate surface area is 195 Å². The quantitative estimate of drug-likeness (QED) is 0.299. The van der Waals surface area contributed by atoms with Gasteiger partial charge < -0.3 is 23.8 Å². The molecule has 31 heavy (non-hydrogen) atoms. The first-order chi connectivity index (χ1) is 14.6. The first kappa shape index (κ1) is 27.8. The molecule has 0 aromatic carbocycles. The summed E-state index contributed by atoms with van der Waals surface area (Å²) in [7, 11) is 3.92. The third-order valence-electron chi connectivity index (χ3n) is 5.49. The van der Waals surface area contributed by atoms with E-state index < -0.39 is 12.9 Å². The summed E-state index contributed by atoms with van der Waals surface area (Å²) in [5, 5.41) is 0. The van der Waals surface area contributed by atoms with E-state index in [-0.39, 0.29) is 42.5 Å². The molecule has 0 aromatic heterocycles. The van der Waals surface area contributed by atoms with Crippen LogP contribution in [-0.2, 0) is 28.0 Å². The van der Waals surface area contributed by atoms with Crippen molar-refractivity contribution < 1.29 is 32.9 Å². The van der Waals surface area contributed by atoms with Gasteiger partial charge in [0.1, 0.15) is 20.4 Å². The number of rotatable bonds is 14. The smallest absolute Gasteiger partial charge is 0.381 e.